The summed E-state index contributed by atoms with van der Waals surface area (Å²) in [6, 6.07) is 5.94. The molecule has 1 aromatic rings. The molecule has 90 valence electrons. The van der Waals surface area contributed by atoms with Crippen LogP contribution >= 0.6 is 23.4 Å². The molecule has 1 atom stereocenters. The molecular formula is C10H9ClN2O3S. The van der Waals surface area contributed by atoms with Crippen LogP contribution in [0, 0.1) is 10.1 Å². The van der Waals surface area contributed by atoms with E-state index in [0.29, 0.717) is 16.7 Å². The number of non-ortho nitro benzene ring substituents is 1. The van der Waals surface area contributed by atoms with Crippen molar-refractivity contribution in [2.24, 2.45) is 4.99 Å². The quantitative estimate of drug-likeness (QED) is 0.471. The van der Waals surface area contributed by atoms with Crippen LogP contribution in [0.5, 0.6) is 0 Å². The fraction of sp³-hybridized carbons (Fsp3) is 0.300. The van der Waals surface area contributed by atoms with Gasteiger partial charge in [0.1, 0.15) is 0 Å². The Morgan fingerprint density at radius 3 is 2.65 bits per heavy atom. The van der Waals surface area contributed by atoms with Gasteiger partial charge in [-0.25, -0.2) is 4.99 Å². The number of hydrogen-bond donors (Lipinski definition) is 0. The van der Waals surface area contributed by atoms with Crippen LogP contribution in [0.25, 0.3) is 0 Å². The Kier molecular flexibility index (Phi) is 3.26. The van der Waals surface area contributed by atoms with Crippen LogP contribution in [0.4, 0.5) is 11.4 Å². The third-order valence-electron chi connectivity index (χ3n) is 2.03. The summed E-state index contributed by atoms with van der Waals surface area (Å²) < 4.78 is 5.37. The molecule has 5 nitrogen and oxygen atoms in total. The van der Waals surface area contributed by atoms with Crippen molar-refractivity contribution in [3.63, 3.8) is 0 Å². The van der Waals surface area contributed by atoms with Gasteiger partial charge in [0.25, 0.3) is 10.9 Å². The zero-order valence-corrected chi connectivity index (χ0v) is 10.5. The van der Waals surface area contributed by atoms with E-state index in [2.05, 4.69) is 4.99 Å². The Balaban J connectivity index is 2.14. The third kappa shape index (κ3) is 3.10. The Morgan fingerprint density at radius 1 is 1.53 bits per heavy atom. The number of halogens is 1. The highest BCUT2D eigenvalue weighted by molar-refractivity contribution is 8.14. The number of ether oxygens (including phenoxy) is 1. The number of thioether (sulfide) groups is 1. The minimum atomic E-state index is -0.718. The van der Waals surface area contributed by atoms with Crippen molar-refractivity contribution in [1.29, 1.82) is 0 Å². The first-order chi connectivity index (χ1) is 7.96. The van der Waals surface area contributed by atoms with Crippen molar-refractivity contribution >= 4 is 40.0 Å². The number of nitro groups is 1. The predicted octanol–water partition coefficient (Wildman–Crippen LogP) is 3.30. The summed E-state index contributed by atoms with van der Waals surface area (Å²) in [5.74, 6) is 0.625. The molecule has 0 N–H and O–H groups in total. The molecule has 0 bridgehead atoms. The maximum Gasteiger partial charge on any atom is 0.269 e. The second kappa shape index (κ2) is 4.54. The monoisotopic (exact) mass is 272 g/mol. The van der Waals surface area contributed by atoms with Crippen LogP contribution in [0.3, 0.4) is 0 Å². The highest BCUT2D eigenvalue weighted by Crippen LogP contribution is 2.34. The van der Waals surface area contributed by atoms with Gasteiger partial charge >= 0.3 is 0 Å². The fourth-order valence-electron chi connectivity index (χ4n) is 1.24. The zero-order valence-electron chi connectivity index (χ0n) is 8.92. The molecule has 1 aliphatic heterocycles. The van der Waals surface area contributed by atoms with Gasteiger partial charge in [-0.05, 0) is 19.1 Å². The van der Waals surface area contributed by atoms with Gasteiger partial charge in [-0.3, -0.25) is 10.1 Å². The van der Waals surface area contributed by atoms with E-state index in [-0.39, 0.29) is 5.69 Å². The molecular weight excluding hydrogens is 264 g/mol. The third-order valence-corrected chi connectivity index (χ3v) is 3.52. The van der Waals surface area contributed by atoms with Gasteiger partial charge in [0.2, 0.25) is 0 Å². The number of rotatable bonds is 2. The van der Waals surface area contributed by atoms with Crippen LogP contribution in [0.15, 0.2) is 29.3 Å². The molecule has 1 aliphatic rings. The molecule has 0 saturated carbocycles. The zero-order chi connectivity index (χ0) is 12.5. The van der Waals surface area contributed by atoms with Gasteiger partial charge < -0.3 is 4.74 Å². The normalized spacial score (nSPS) is 25.9. The van der Waals surface area contributed by atoms with Crippen LogP contribution < -0.4 is 0 Å². The summed E-state index contributed by atoms with van der Waals surface area (Å²) in [4.78, 5) is 14.2. The van der Waals surface area contributed by atoms with Crippen molar-refractivity contribution in [3.05, 3.63) is 34.4 Å². The highest BCUT2D eigenvalue weighted by Gasteiger charge is 2.32. The molecule has 1 aromatic carbocycles. The summed E-state index contributed by atoms with van der Waals surface area (Å²) in [5, 5.41) is 10.2. The maximum absolute atomic E-state index is 10.5. The second-order valence-electron chi connectivity index (χ2n) is 3.64. The molecule has 17 heavy (non-hydrogen) atoms. The molecule has 1 unspecified atom stereocenters. The summed E-state index contributed by atoms with van der Waals surface area (Å²) in [5.41, 5.74) is 0.642. The van der Waals surface area contributed by atoms with Crippen LogP contribution in [0.2, 0.25) is 0 Å². The van der Waals surface area contributed by atoms with Crippen LogP contribution in [-0.2, 0) is 4.74 Å². The minimum absolute atomic E-state index is 0.0381. The molecule has 1 fully saturated rings. The Labute approximate surface area is 107 Å². The topological polar surface area (TPSA) is 64.7 Å². The number of alkyl halides is 1. The first kappa shape index (κ1) is 12.2. The minimum Gasteiger partial charge on any atom is -0.450 e. The van der Waals surface area contributed by atoms with E-state index in [1.165, 1.54) is 23.9 Å². The average molecular weight is 273 g/mol. The number of benzene rings is 1. The Hall–Kier alpha value is -1.27. The molecule has 2 rings (SSSR count). The van der Waals surface area contributed by atoms with Crippen molar-refractivity contribution in [2.75, 3.05) is 5.75 Å². The lowest BCUT2D eigenvalue weighted by atomic mass is 10.3. The number of nitrogens with zero attached hydrogens (tertiary/aromatic N) is 2. The molecule has 0 aromatic heterocycles. The van der Waals surface area contributed by atoms with Crippen molar-refractivity contribution in [3.8, 4) is 0 Å². The lowest BCUT2D eigenvalue weighted by molar-refractivity contribution is -0.384. The average Bonchev–Trinajstić information content (AvgIpc) is 2.59. The lowest BCUT2D eigenvalue weighted by Gasteiger charge is -2.11. The van der Waals surface area contributed by atoms with E-state index in [9.17, 15) is 10.1 Å². The molecule has 1 saturated heterocycles. The molecule has 0 amide bonds. The van der Waals surface area contributed by atoms with Gasteiger partial charge in [0, 0.05) is 12.1 Å². The van der Waals surface area contributed by atoms with Gasteiger partial charge in [-0.1, -0.05) is 23.4 Å². The SMILES string of the molecule is CC1(Cl)CSC(=Nc2ccc([N+](=O)[O-])cc2)O1. The molecule has 1 heterocycles. The molecule has 0 aliphatic carbocycles. The summed E-state index contributed by atoms with van der Waals surface area (Å²) in [7, 11) is 0. The van der Waals surface area contributed by atoms with Crippen molar-refractivity contribution in [1.82, 2.24) is 0 Å². The fourth-order valence-corrected chi connectivity index (χ4v) is 2.38. The number of nitro benzene ring substituents is 1. The van der Waals surface area contributed by atoms with E-state index in [1.54, 1.807) is 19.1 Å². The van der Waals surface area contributed by atoms with Crippen LogP contribution in [0.1, 0.15) is 6.92 Å². The first-order valence-corrected chi connectivity index (χ1v) is 6.16. The van der Waals surface area contributed by atoms with Gasteiger partial charge in [0.05, 0.1) is 16.4 Å². The largest absolute Gasteiger partial charge is 0.450 e. The van der Waals surface area contributed by atoms with Gasteiger partial charge in [-0.15, -0.1) is 0 Å². The van der Waals surface area contributed by atoms with Crippen LogP contribution in [-0.4, -0.2) is 21.0 Å². The number of hydrogen-bond acceptors (Lipinski definition) is 5. The number of aliphatic imine (C=N–C) groups is 1. The Morgan fingerprint density at radius 2 is 2.18 bits per heavy atom. The van der Waals surface area contributed by atoms with E-state index in [1.807, 2.05) is 0 Å². The Bertz CT molecular complexity index is 473. The molecule has 0 spiro atoms. The first-order valence-electron chi connectivity index (χ1n) is 4.80. The predicted molar refractivity (Wildman–Crippen MR) is 68.0 cm³/mol. The van der Waals surface area contributed by atoms with Crippen molar-refractivity contribution in [2.45, 2.75) is 12.0 Å². The van der Waals surface area contributed by atoms with Crippen molar-refractivity contribution < 1.29 is 9.66 Å². The van der Waals surface area contributed by atoms with E-state index in [0.717, 1.165) is 0 Å². The van der Waals surface area contributed by atoms with E-state index < -0.39 is 9.98 Å². The van der Waals surface area contributed by atoms with Gasteiger partial charge in [-0.2, -0.15) is 0 Å². The van der Waals surface area contributed by atoms with E-state index >= 15 is 0 Å². The second-order valence-corrected chi connectivity index (χ2v) is 5.37. The molecule has 0 radical (unpaired) electrons. The smallest absolute Gasteiger partial charge is 0.269 e. The summed E-state index contributed by atoms with van der Waals surface area (Å²) in [6.07, 6.45) is 0. The lowest BCUT2D eigenvalue weighted by Crippen LogP contribution is -2.17. The van der Waals surface area contributed by atoms with E-state index in [4.69, 9.17) is 16.3 Å². The highest BCUT2D eigenvalue weighted by atomic mass is 35.5. The summed E-state index contributed by atoms with van der Waals surface area (Å²) in [6.45, 7) is 1.76. The molecule has 7 heteroatoms. The standard InChI is InChI=1S/C10H9ClN2O3S/c1-10(11)6-17-9(16-10)12-7-2-4-8(5-3-7)13(14)15/h2-5H,6H2,1H3. The van der Waals surface area contributed by atoms with Gasteiger partial charge in [0.15, 0.2) is 5.06 Å². The summed E-state index contributed by atoms with van der Waals surface area (Å²) >= 11 is 7.40. The maximum atomic E-state index is 10.5.